The third-order valence-electron chi connectivity index (χ3n) is 3.33. The van der Waals surface area contributed by atoms with E-state index in [9.17, 15) is 14.9 Å². The lowest BCUT2D eigenvalue weighted by Crippen LogP contribution is -2.33. The molecule has 0 aliphatic carbocycles. The SMILES string of the molecule is O=C(O)[C@H]1CS[C@H](c2ccc(-c3ccccc3[N+](=O)[O-])o2)N1. The van der Waals surface area contributed by atoms with Crippen molar-refractivity contribution in [1.29, 1.82) is 0 Å². The zero-order valence-electron chi connectivity index (χ0n) is 11.3. The molecule has 1 aromatic heterocycles. The Morgan fingerprint density at radius 1 is 1.36 bits per heavy atom. The maximum absolute atomic E-state index is 11.1. The number of carboxylic acids is 1. The number of thioether (sulfide) groups is 1. The second-order valence-electron chi connectivity index (χ2n) is 4.75. The summed E-state index contributed by atoms with van der Waals surface area (Å²) in [5, 5.41) is 22.7. The minimum Gasteiger partial charge on any atom is -0.480 e. The van der Waals surface area contributed by atoms with Crippen molar-refractivity contribution < 1.29 is 19.2 Å². The molecule has 3 rings (SSSR count). The number of carboxylic acid groups (broad SMARTS) is 1. The highest BCUT2D eigenvalue weighted by Crippen LogP contribution is 2.37. The van der Waals surface area contributed by atoms with E-state index in [4.69, 9.17) is 9.52 Å². The van der Waals surface area contributed by atoms with Gasteiger partial charge in [0.2, 0.25) is 0 Å². The van der Waals surface area contributed by atoms with Crippen LogP contribution in [0.5, 0.6) is 0 Å². The number of hydrogen-bond acceptors (Lipinski definition) is 6. The highest BCUT2D eigenvalue weighted by atomic mass is 32.2. The number of hydrogen-bond donors (Lipinski definition) is 2. The molecular weight excluding hydrogens is 308 g/mol. The lowest BCUT2D eigenvalue weighted by atomic mass is 10.1. The highest BCUT2D eigenvalue weighted by Gasteiger charge is 2.32. The third-order valence-corrected chi connectivity index (χ3v) is 4.56. The normalized spacial score (nSPS) is 20.9. The van der Waals surface area contributed by atoms with Gasteiger partial charge in [-0.3, -0.25) is 20.2 Å². The molecule has 0 saturated carbocycles. The zero-order valence-corrected chi connectivity index (χ0v) is 12.1. The number of benzene rings is 1. The fraction of sp³-hybridized carbons (Fsp3) is 0.214. The van der Waals surface area contributed by atoms with Gasteiger partial charge >= 0.3 is 5.97 Å². The van der Waals surface area contributed by atoms with Crippen LogP contribution in [-0.4, -0.2) is 27.8 Å². The number of nitro benzene ring substituents is 1. The Hall–Kier alpha value is -2.32. The summed E-state index contributed by atoms with van der Waals surface area (Å²) < 4.78 is 5.69. The molecule has 8 heteroatoms. The molecule has 1 fully saturated rings. The number of nitrogens with one attached hydrogen (secondary N) is 1. The lowest BCUT2D eigenvalue weighted by molar-refractivity contribution is -0.384. The monoisotopic (exact) mass is 320 g/mol. The summed E-state index contributed by atoms with van der Waals surface area (Å²) in [5.41, 5.74) is 0.371. The summed E-state index contributed by atoms with van der Waals surface area (Å²) in [5.74, 6) is 0.493. The minimum absolute atomic E-state index is 0.0288. The summed E-state index contributed by atoms with van der Waals surface area (Å²) in [6.45, 7) is 0. The van der Waals surface area contributed by atoms with E-state index in [0.29, 0.717) is 22.8 Å². The van der Waals surface area contributed by atoms with Gasteiger partial charge in [0, 0.05) is 11.8 Å². The van der Waals surface area contributed by atoms with Gasteiger partial charge in [0.15, 0.2) is 0 Å². The average molecular weight is 320 g/mol. The largest absolute Gasteiger partial charge is 0.480 e. The van der Waals surface area contributed by atoms with E-state index in [1.54, 1.807) is 30.3 Å². The fourth-order valence-corrected chi connectivity index (χ4v) is 3.43. The summed E-state index contributed by atoms with van der Waals surface area (Å²) in [4.78, 5) is 21.5. The van der Waals surface area contributed by atoms with Crippen molar-refractivity contribution >= 4 is 23.4 Å². The molecule has 0 spiro atoms. The van der Waals surface area contributed by atoms with Gasteiger partial charge < -0.3 is 9.52 Å². The molecule has 0 bridgehead atoms. The van der Waals surface area contributed by atoms with Gasteiger partial charge in [0.1, 0.15) is 22.9 Å². The Kier molecular flexibility index (Phi) is 3.86. The molecule has 1 aliphatic rings. The molecule has 1 aliphatic heterocycles. The number of nitrogens with zero attached hydrogens (tertiary/aromatic N) is 1. The maximum Gasteiger partial charge on any atom is 0.321 e. The van der Waals surface area contributed by atoms with Crippen molar-refractivity contribution in [1.82, 2.24) is 5.32 Å². The average Bonchev–Trinajstić information content (AvgIpc) is 3.16. The van der Waals surface area contributed by atoms with E-state index in [2.05, 4.69) is 5.32 Å². The molecule has 1 saturated heterocycles. The second kappa shape index (κ2) is 5.82. The number of nitro groups is 1. The van der Waals surface area contributed by atoms with Crippen LogP contribution in [-0.2, 0) is 4.79 Å². The van der Waals surface area contributed by atoms with Crippen LogP contribution in [0, 0.1) is 10.1 Å². The standard InChI is InChI=1S/C14H12N2O5S/c17-14(18)9-7-22-13(15-9)12-6-5-11(21-12)8-3-1-2-4-10(8)16(19)20/h1-6,9,13,15H,7H2,(H,17,18)/t9-,13-/m1/s1. The van der Waals surface area contributed by atoms with Crippen LogP contribution in [0.1, 0.15) is 11.1 Å². The molecule has 2 N–H and O–H groups in total. The van der Waals surface area contributed by atoms with Crippen LogP contribution in [0.25, 0.3) is 11.3 Å². The number of furan rings is 1. The molecule has 22 heavy (non-hydrogen) atoms. The van der Waals surface area contributed by atoms with Crippen molar-refractivity contribution in [2.24, 2.45) is 0 Å². The molecule has 114 valence electrons. The lowest BCUT2D eigenvalue weighted by Gasteiger charge is -2.07. The van der Waals surface area contributed by atoms with E-state index < -0.39 is 16.9 Å². The van der Waals surface area contributed by atoms with Crippen molar-refractivity contribution in [3.8, 4) is 11.3 Å². The van der Waals surface area contributed by atoms with Gasteiger partial charge in [-0.25, -0.2) is 0 Å². The first-order valence-corrected chi connectivity index (χ1v) is 7.55. The van der Waals surface area contributed by atoms with Crippen LogP contribution in [0.3, 0.4) is 0 Å². The topological polar surface area (TPSA) is 106 Å². The predicted molar refractivity (Wildman–Crippen MR) is 80.6 cm³/mol. The third kappa shape index (κ3) is 2.70. The van der Waals surface area contributed by atoms with E-state index in [1.165, 1.54) is 17.8 Å². The molecule has 0 amide bonds. The van der Waals surface area contributed by atoms with Crippen LogP contribution in [0.4, 0.5) is 5.69 Å². The summed E-state index contributed by atoms with van der Waals surface area (Å²) >= 11 is 1.43. The van der Waals surface area contributed by atoms with Crippen molar-refractivity contribution in [2.75, 3.05) is 5.75 Å². The van der Waals surface area contributed by atoms with Crippen molar-refractivity contribution in [3.05, 3.63) is 52.3 Å². The summed E-state index contributed by atoms with van der Waals surface area (Å²) in [6.07, 6.45) is 0. The number of carbonyl (C=O) groups is 1. The molecule has 2 atom stereocenters. The van der Waals surface area contributed by atoms with Crippen LogP contribution in [0.2, 0.25) is 0 Å². The first-order valence-electron chi connectivity index (χ1n) is 6.50. The molecule has 0 unspecified atom stereocenters. The first-order chi connectivity index (χ1) is 10.6. The molecule has 7 nitrogen and oxygen atoms in total. The highest BCUT2D eigenvalue weighted by molar-refractivity contribution is 7.99. The Labute approximate surface area is 129 Å². The van der Waals surface area contributed by atoms with Gasteiger partial charge in [-0.2, -0.15) is 0 Å². The molecule has 2 aromatic rings. The number of rotatable bonds is 4. The zero-order chi connectivity index (χ0) is 15.7. The van der Waals surface area contributed by atoms with Crippen molar-refractivity contribution in [2.45, 2.75) is 11.4 Å². The Morgan fingerprint density at radius 2 is 2.14 bits per heavy atom. The van der Waals surface area contributed by atoms with Crippen LogP contribution >= 0.6 is 11.8 Å². The predicted octanol–water partition coefficient (Wildman–Crippen LogP) is 2.64. The van der Waals surface area contributed by atoms with Gasteiger partial charge in [-0.15, -0.1) is 11.8 Å². The fourth-order valence-electron chi connectivity index (χ4n) is 2.26. The minimum atomic E-state index is -0.902. The van der Waals surface area contributed by atoms with Crippen molar-refractivity contribution in [3.63, 3.8) is 0 Å². The van der Waals surface area contributed by atoms with Gasteiger partial charge in [-0.1, -0.05) is 12.1 Å². The molecule has 1 aromatic carbocycles. The Morgan fingerprint density at radius 3 is 2.82 bits per heavy atom. The number of aliphatic carboxylic acids is 1. The van der Waals surface area contributed by atoms with E-state index >= 15 is 0 Å². The van der Waals surface area contributed by atoms with E-state index in [0.717, 1.165) is 0 Å². The second-order valence-corrected chi connectivity index (χ2v) is 5.89. The smallest absolute Gasteiger partial charge is 0.321 e. The molecule has 2 heterocycles. The molecule has 0 radical (unpaired) electrons. The van der Waals surface area contributed by atoms with Crippen LogP contribution < -0.4 is 5.32 Å². The van der Waals surface area contributed by atoms with Gasteiger partial charge in [-0.05, 0) is 18.2 Å². The van der Waals surface area contributed by atoms with E-state index in [-0.39, 0.29) is 11.1 Å². The van der Waals surface area contributed by atoms with Gasteiger partial charge in [0.05, 0.1) is 10.5 Å². The summed E-state index contributed by atoms with van der Waals surface area (Å²) in [7, 11) is 0. The quantitative estimate of drug-likeness (QED) is 0.659. The molecular formula is C14H12N2O5S. The Bertz CT molecular complexity index is 730. The number of para-hydroxylation sites is 1. The Balaban J connectivity index is 1.86. The first kappa shape index (κ1) is 14.6. The maximum atomic E-state index is 11.1. The van der Waals surface area contributed by atoms with Crippen LogP contribution in [0.15, 0.2) is 40.8 Å². The summed E-state index contributed by atoms with van der Waals surface area (Å²) in [6, 6.07) is 9.09. The van der Waals surface area contributed by atoms with Gasteiger partial charge in [0.25, 0.3) is 5.69 Å². The van der Waals surface area contributed by atoms with E-state index in [1.807, 2.05) is 0 Å².